The Morgan fingerprint density at radius 2 is 0.938 bits per heavy atom. The van der Waals surface area contributed by atoms with E-state index in [1.54, 1.807) is 0 Å². The van der Waals surface area contributed by atoms with Gasteiger partial charge < -0.3 is 10.2 Å². The van der Waals surface area contributed by atoms with E-state index in [1.807, 2.05) is 6.92 Å². The first kappa shape index (κ1) is 15.9. The molecule has 0 rings (SSSR count). The Morgan fingerprint density at radius 1 is 0.688 bits per heavy atom. The van der Waals surface area contributed by atoms with Gasteiger partial charge in [-0.15, -0.1) is 0 Å². The van der Waals surface area contributed by atoms with Crippen LogP contribution in [0.1, 0.15) is 60.3 Å². The van der Waals surface area contributed by atoms with Crippen LogP contribution < -0.4 is 0 Å². The van der Waals surface area contributed by atoms with Crippen molar-refractivity contribution >= 4 is 0 Å². The first-order valence-corrected chi connectivity index (χ1v) is 6.89. The zero-order chi connectivity index (χ0) is 12.7. The molecule has 0 aromatic rings. The van der Waals surface area contributed by atoms with Gasteiger partial charge >= 0.3 is 0 Å². The van der Waals surface area contributed by atoms with Crippen LogP contribution in [-0.2, 0) is 0 Å². The molecule has 2 atom stereocenters. The van der Waals surface area contributed by atoms with Crippen LogP contribution >= 0.6 is 0 Å². The summed E-state index contributed by atoms with van der Waals surface area (Å²) in [5.41, 5.74) is 0. The van der Waals surface area contributed by atoms with Crippen molar-refractivity contribution in [3.8, 4) is 0 Å². The minimum Gasteiger partial charge on any atom is -0.392 e. The van der Waals surface area contributed by atoms with Crippen LogP contribution in [-0.4, -0.2) is 22.4 Å². The molecule has 2 N–H and O–H groups in total. The van der Waals surface area contributed by atoms with E-state index in [0.717, 1.165) is 25.7 Å². The predicted octanol–water partition coefficient (Wildman–Crippen LogP) is 3.22. The monoisotopic (exact) mass is 230 g/mol. The fourth-order valence-corrected chi connectivity index (χ4v) is 2.60. The van der Waals surface area contributed by atoms with Crippen LogP contribution in [0.5, 0.6) is 0 Å². The second-order valence-electron chi connectivity index (χ2n) is 4.99. The summed E-state index contributed by atoms with van der Waals surface area (Å²) in [5.74, 6) is 0.618. The summed E-state index contributed by atoms with van der Waals surface area (Å²) in [7, 11) is 0. The lowest BCUT2D eigenvalue weighted by molar-refractivity contribution is -0.0378. The minimum absolute atomic E-state index is 0.0187. The Kier molecular flexibility index (Phi) is 8.04. The molecular weight excluding hydrogens is 200 g/mol. The lowest BCUT2D eigenvalue weighted by Gasteiger charge is -2.33. The van der Waals surface area contributed by atoms with Crippen LogP contribution in [0.2, 0.25) is 0 Å². The molecule has 98 valence electrons. The van der Waals surface area contributed by atoms with Gasteiger partial charge in [0.15, 0.2) is 0 Å². The number of aliphatic hydroxyl groups is 2. The summed E-state index contributed by atoms with van der Waals surface area (Å²) in [4.78, 5) is 0. The summed E-state index contributed by atoms with van der Waals surface area (Å²) in [6.45, 7) is 10.4. The summed E-state index contributed by atoms with van der Waals surface area (Å²) >= 11 is 0. The number of hydrogen-bond donors (Lipinski definition) is 2. The van der Waals surface area contributed by atoms with Gasteiger partial charge in [0.05, 0.1) is 12.2 Å². The minimum atomic E-state index is -0.370. The highest BCUT2D eigenvalue weighted by atomic mass is 16.3. The molecule has 0 aliphatic heterocycles. The van der Waals surface area contributed by atoms with Crippen LogP contribution in [0.4, 0.5) is 0 Å². The number of rotatable bonds is 8. The van der Waals surface area contributed by atoms with Crippen LogP contribution in [0.15, 0.2) is 0 Å². The smallest absolute Gasteiger partial charge is 0.0618 e. The van der Waals surface area contributed by atoms with Gasteiger partial charge in [0, 0.05) is 5.92 Å². The highest BCUT2D eigenvalue weighted by Gasteiger charge is 2.30. The predicted molar refractivity (Wildman–Crippen MR) is 69.3 cm³/mol. The summed E-state index contributed by atoms with van der Waals surface area (Å²) < 4.78 is 0. The van der Waals surface area contributed by atoms with Crippen LogP contribution in [0.3, 0.4) is 0 Å². The molecule has 2 nitrogen and oxygen atoms in total. The maximum Gasteiger partial charge on any atom is 0.0618 e. The number of hydrogen-bond acceptors (Lipinski definition) is 2. The van der Waals surface area contributed by atoms with Gasteiger partial charge in [-0.05, 0) is 11.8 Å². The van der Waals surface area contributed by atoms with Crippen molar-refractivity contribution in [1.82, 2.24) is 0 Å². The van der Waals surface area contributed by atoms with Crippen molar-refractivity contribution < 1.29 is 10.2 Å². The Bertz CT molecular complexity index is 144. The second-order valence-corrected chi connectivity index (χ2v) is 4.99. The van der Waals surface area contributed by atoms with Crippen molar-refractivity contribution in [2.45, 2.75) is 72.5 Å². The second kappa shape index (κ2) is 8.08. The van der Waals surface area contributed by atoms with Crippen LogP contribution in [0, 0.1) is 17.8 Å². The third kappa shape index (κ3) is 4.06. The lowest BCUT2D eigenvalue weighted by atomic mass is 9.80. The standard InChI is InChI=1S/C14H30O2/c1-6-11(7-2)13(15)10(5)14(16)12(8-3)9-4/h10-16H,6-9H2,1-5H3. The zero-order valence-electron chi connectivity index (χ0n) is 11.6. The van der Waals surface area contributed by atoms with Gasteiger partial charge in [0.2, 0.25) is 0 Å². The average Bonchev–Trinajstić information content (AvgIpc) is 2.30. The molecule has 16 heavy (non-hydrogen) atoms. The van der Waals surface area contributed by atoms with Gasteiger partial charge in [-0.25, -0.2) is 0 Å². The highest BCUT2D eigenvalue weighted by molar-refractivity contribution is 4.81. The number of aliphatic hydroxyl groups excluding tert-OH is 2. The summed E-state index contributed by atoms with van der Waals surface area (Å²) in [5, 5.41) is 20.5. The van der Waals surface area contributed by atoms with E-state index in [1.165, 1.54) is 0 Å². The van der Waals surface area contributed by atoms with Crippen molar-refractivity contribution in [2.24, 2.45) is 17.8 Å². The molecule has 2 heteroatoms. The third-order valence-corrected chi connectivity index (χ3v) is 4.14. The Labute approximate surface area is 101 Å². The topological polar surface area (TPSA) is 40.5 Å². The largest absolute Gasteiger partial charge is 0.392 e. The fraction of sp³-hybridized carbons (Fsp3) is 1.00. The third-order valence-electron chi connectivity index (χ3n) is 4.14. The average molecular weight is 230 g/mol. The molecule has 0 aliphatic carbocycles. The van der Waals surface area contributed by atoms with E-state index >= 15 is 0 Å². The Hall–Kier alpha value is -0.0800. The van der Waals surface area contributed by atoms with Gasteiger partial charge in [0.1, 0.15) is 0 Å². The van der Waals surface area contributed by atoms with Crippen molar-refractivity contribution in [3.63, 3.8) is 0 Å². The molecule has 0 aromatic heterocycles. The van der Waals surface area contributed by atoms with Gasteiger partial charge in [0.25, 0.3) is 0 Å². The van der Waals surface area contributed by atoms with Crippen LogP contribution in [0.25, 0.3) is 0 Å². The summed E-state index contributed by atoms with van der Waals surface area (Å²) in [6.07, 6.45) is 3.20. The molecule has 2 unspecified atom stereocenters. The molecule has 0 saturated heterocycles. The van der Waals surface area contributed by atoms with E-state index < -0.39 is 0 Å². The molecule has 0 spiro atoms. The summed E-state index contributed by atoms with van der Waals surface area (Å²) in [6, 6.07) is 0. The SMILES string of the molecule is CCC(CC)C(O)C(C)C(O)C(CC)CC. The first-order valence-electron chi connectivity index (χ1n) is 6.89. The van der Waals surface area contributed by atoms with Gasteiger partial charge in [-0.3, -0.25) is 0 Å². The van der Waals surface area contributed by atoms with Crippen molar-refractivity contribution in [1.29, 1.82) is 0 Å². The maximum absolute atomic E-state index is 10.2. The molecule has 0 saturated carbocycles. The molecule has 0 aliphatic rings. The van der Waals surface area contributed by atoms with E-state index in [4.69, 9.17) is 0 Å². The molecule has 0 fully saturated rings. The fourth-order valence-electron chi connectivity index (χ4n) is 2.60. The highest BCUT2D eigenvalue weighted by Crippen LogP contribution is 2.27. The van der Waals surface area contributed by atoms with Gasteiger partial charge in [-0.1, -0.05) is 60.3 Å². The molecule has 0 aromatic carbocycles. The molecular formula is C14H30O2. The zero-order valence-corrected chi connectivity index (χ0v) is 11.6. The van der Waals surface area contributed by atoms with E-state index in [-0.39, 0.29) is 18.1 Å². The van der Waals surface area contributed by atoms with Crippen molar-refractivity contribution in [3.05, 3.63) is 0 Å². The molecule has 0 heterocycles. The van der Waals surface area contributed by atoms with Gasteiger partial charge in [-0.2, -0.15) is 0 Å². The molecule has 0 radical (unpaired) electrons. The Balaban J connectivity index is 4.45. The molecule has 0 amide bonds. The van der Waals surface area contributed by atoms with Crippen molar-refractivity contribution in [2.75, 3.05) is 0 Å². The normalized spacial score (nSPS) is 17.8. The lowest BCUT2D eigenvalue weighted by Crippen LogP contribution is -2.38. The molecule has 0 bridgehead atoms. The van der Waals surface area contributed by atoms with E-state index in [9.17, 15) is 10.2 Å². The van der Waals surface area contributed by atoms with E-state index in [0.29, 0.717) is 11.8 Å². The first-order chi connectivity index (χ1) is 7.53. The quantitative estimate of drug-likeness (QED) is 0.672. The van der Waals surface area contributed by atoms with E-state index in [2.05, 4.69) is 27.7 Å². The Morgan fingerprint density at radius 3 is 1.12 bits per heavy atom. The maximum atomic E-state index is 10.2.